The van der Waals surface area contributed by atoms with Crippen molar-refractivity contribution in [3.8, 4) is 5.75 Å². The number of rotatable bonds is 1. The Labute approximate surface area is 98.0 Å². The molecule has 0 saturated carbocycles. The first-order valence-electron chi connectivity index (χ1n) is 8.79. The number of halogens is 1. The number of aromatic nitrogens is 1. The molecule has 12 heavy (non-hydrogen) atoms. The molecule has 1 rings (SSSR count). The lowest BCUT2D eigenvalue weighted by Gasteiger charge is -2.20. The van der Waals surface area contributed by atoms with Crippen molar-refractivity contribution in [3.63, 3.8) is 0 Å². The molecule has 0 aliphatic heterocycles. The van der Waals surface area contributed by atoms with Gasteiger partial charge in [0.1, 0.15) is 16.0 Å². The highest BCUT2D eigenvalue weighted by atomic mass is 79.9. The van der Waals surface area contributed by atoms with Gasteiger partial charge in [0, 0.05) is 24.6 Å². The molecule has 0 aromatic carbocycles. The van der Waals surface area contributed by atoms with E-state index < -0.39 is 50.2 Å². The maximum absolute atomic E-state index is 7.74. The van der Waals surface area contributed by atoms with Gasteiger partial charge in [-0.2, -0.15) is 0 Å². The minimum absolute atomic E-state index is 0.325. The van der Waals surface area contributed by atoms with Crippen LogP contribution in [0.3, 0.4) is 0 Å². The smallest absolute Gasteiger partial charge is 0.124 e. The molecule has 0 aliphatic rings. The molecule has 0 fully saturated rings. The van der Waals surface area contributed by atoms with E-state index in [0.717, 1.165) is 0 Å². The van der Waals surface area contributed by atoms with Crippen LogP contribution >= 0.6 is 15.9 Å². The van der Waals surface area contributed by atoms with E-state index in [-0.39, 0.29) is 4.60 Å². The quantitative estimate of drug-likeness (QED) is 0.706. The highest BCUT2D eigenvalue weighted by Gasteiger charge is 2.11. The molecule has 0 amide bonds. The molecule has 0 N–H and O–H groups in total. The predicted molar refractivity (Wildman–Crippen MR) is 52.3 cm³/mol. The van der Waals surface area contributed by atoms with Crippen LogP contribution in [0.25, 0.3) is 0 Å². The van der Waals surface area contributed by atoms with Crippen LogP contribution in [0.2, 0.25) is 0 Å². The lowest BCUT2D eigenvalue weighted by Crippen LogP contribution is -2.22. The molecule has 0 spiro atoms. The first kappa shape index (κ1) is 2.27. The van der Waals surface area contributed by atoms with E-state index in [1.165, 1.54) is 0 Å². The molecule has 1 heterocycles. The Balaban J connectivity index is 3.81. The van der Waals surface area contributed by atoms with Gasteiger partial charge in [0.2, 0.25) is 0 Å². The molecule has 0 saturated heterocycles. The van der Waals surface area contributed by atoms with Crippen LogP contribution in [0.4, 0.5) is 0 Å². The van der Waals surface area contributed by atoms with Crippen LogP contribution in [0, 0.1) is 0 Å². The van der Waals surface area contributed by atoms with Crippen LogP contribution in [-0.2, 0) is 0 Å². The van der Waals surface area contributed by atoms with Gasteiger partial charge in [0.05, 0.1) is 4.11 Å². The van der Waals surface area contributed by atoms with Crippen molar-refractivity contribution in [2.75, 3.05) is 0 Å². The lowest BCUT2D eigenvalue weighted by atomic mass is 10.2. The highest BCUT2D eigenvalue weighted by molar-refractivity contribution is 9.10. The van der Waals surface area contributed by atoms with Gasteiger partial charge in [0.15, 0.2) is 0 Å². The summed E-state index contributed by atoms with van der Waals surface area (Å²) in [6.45, 7) is -11.0. The van der Waals surface area contributed by atoms with Crippen molar-refractivity contribution >= 4 is 15.9 Å². The fourth-order valence-electron chi connectivity index (χ4n) is 0.485. The van der Waals surface area contributed by atoms with Gasteiger partial charge in [0.25, 0.3) is 0 Å². The van der Waals surface area contributed by atoms with Gasteiger partial charge < -0.3 is 4.74 Å². The van der Waals surface area contributed by atoms with E-state index in [9.17, 15) is 0 Å². The summed E-state index contributed by atoms with van der Waals surface area (Å²) >= 11 is 2.79. The van der Waals surface area contributed by atoms with Crippen molar-refractivity contribution in [1.82, 2.24) is 4.98 Å². The van der Waals surface area contributed by atoms with E-state index in [2.05, 4.69) is 20.9 Å². The van der Waals surface area contributed by atoms with Gasteiger partial charge in [-0.3, -0.25) is 0 Å². The zero-order valence-electron chi connectivity index (χ0n) is 17.7. The third-order valence-electron chi connectivity index (χ3n) is 0.795. The first-order chi connectivity index (χ1) is 10.5. The van der Waals surface area contributed by atoms with Gasteiger partial charge in [-0.15, -0.1) is 0 Å². The zero-order chi connectivity index (χ0) is 19.3. The van der Waals surface area contributed by atoms with Gasteiger partial charge in [-0.1, -0.05) is 0 Å². The summed E-state index contributed by atoms with van der Waals surface area (Å²) < 4.78 is 94.3. The monoisotopic (exact) mass is 241 g/mol. The highest BCUT2D eigenvalue weighted by Crippen LogP contribution is 2.19. The van der Waals surface area contributed by atoms with Crippen molar-refractivity contribution in [3.05, 3.63) is 22.9 Å². The second-order valence-electron chi connectivity index (χ2n) is 1.88. The SMILES string of the molecule is [2H]c1nc(Br)c([2H])c(OC(C([2H])([2H])[2H])(C([2H])([2H])[2H])C([2H])([2H])[2H])c1[2H]. The summed E-state index contributed by atoms with van der Waals surface area (Å²) in [7, 11) is 0. The molecular formula is C9H12BrNO. The van der Waals surface area contributed by atoms with Crippen LogP contribution in [0.15, 0.2) is 22.9 Å². The summed E-state index contributed by atoms with van der Waals surface area (Å²) in [6.07, 6.45) is -0.747. The first-order valence-corrected chi connectivity index (χ1v) is 3.59. The van der Waals surface area contributed by atoms with E-state index in [1.807, 2.05) is 0 Å². The second kappa shape index (κ2) is 3.44. The van der Waals surface area contributed by atoms with Crippen molar-refractivity contribution in [2.45, 2.75) is 26.2 Å². The molecule has 66 valence electrons. The minimum Gasteiger partial charge on any atom is -0.488 e. The number of hydrogen-bond donors (Lipinski definition) is 0. The average molecular weight is 242 g/mol. The molecule has 0 radical (unpaired) electrons. The lowest BCUT2D eigenvalue weighted by molar-refractivity contribution is 0.130. The Morgan fingerprint density at radius 2 is 2.42 bits per heavy atom. The number of pyridine rings is 1. The second-order valence-corrected chi connectivity index (χ2v) is 2.63. The van der Waals surface area contributed by atoms with Crippen LogP contribution < -0.4 is 4.74 Å². The molecule has 1 aromatic heterocycles. The number of hydrogen-bond acceptors (Lipinski definition) is 2. The maximum atomic E-state index is 7.74. The van der Waals surface area contributed by atoms with Crippen LogP contribution in [-0.4, -0.2) is 10.6 Å². The fraction of sp³-hybridized carbons (Fsp3) is 0.444. The molecule has 0 atom stereocenters. The zero-order valence-corrected chi connectivity index (χ0v) is 7.32. The molecule has 0 aliphatic carbocycles. The minimum atomic E-state index is -3.69. The molecule has 0 unspecified atom stereocenters. The summed E-state index contributed by atoms with van der Waals surface area (Å²) in [5.41, 5.74) is -3.69. The van der Waals surface area contributed by atoms with Crippen LogP contribution in [0.1, 0.15) is 37.0 Å². The summed E-state index contributed by atoms with van der Waals surface area (Å²) in [4.78, 5) is 3.46. The van der Waals surface area contributed by atoms with Crippen LogP contribution in [0.5, 0.6) is 5.75 Å². The average Bonchev–Trinajstić information content (AvgIpc) is 2.31. The maximum Gasteiger partial charge on any atom is 0.124 e. The Bertz CT molecular complexity index is 571. The van der Waals surface area contributed by atoms with Gasteiger partial charge >= 0.3 is 0 Å². The largest absolute Gasteiger partial charge is 0.488 e. The van der Waals surface area contributed by atoms with Crippen molar-refractivity contribution < 1.29 is 21.2 Å². The van der Waals surface area contributed by atoms with E-state index in [4.69, 9.17) is 21.2 Å². The summed E-state index contributed by atoms with van der Waals surface area (Å²) in [5, 5.41) is 0. The van der Waals surface area contributed by atoms with E-state index >= 15 is 0 Å². The third-order valence-corrected chi connectivity index (χ3v) is 1.17. The third kappa shape index (κ3) is 3.22. The Hall–Kier alpha value is -0.570. The Morgan fingerprint density at radius 1 is 1.67 bits per heavy atom. The summed E-state index contributed by atoms with van der Waals surface area (Å²) in [6, 6.07) is -1.64. The molecular weight excluding hydrogens is 218 g/mol. The number of ether oxygens (including phenoxy) is 1. The number of nitrogens with zero attached hydrogens (tertiary/aromatic N) is 1. The topological polar surface area (TPSA) is 22.1 Å². The van der Waals surface area contributed by atoms with Gasteiger partial charge in [-0.05, 0) is 42.5 Å². The van der Waals surface area contributed by atoms with E-state index in [0.29, 0.717) is 0 Å². The molecule has 1 aromatic rings. The van der Waals surface area contributed by atoms with Crippen molar-refractivity contribution in [2.24, 2.45) is 0 Å². The van der Waals surface area contributed by atoms with E-state index in [1.54, 1.807) is 0 Å². The molecule has 2 nitrogen and oxygen atoms in total. The Morgan fingerprint density at radius 3 is 3.08 bits per heavy atom. The molecule has 3 heteroatoms. The Kier molecular flexibility index (Phi) is 0.649. The predicted octanol–water partition coefficient (Wildman–Crippen LogP) is 3.02. The fourth-order valence-corrected chi connectivity index (χ4v) is 0.754. The van der Waals surface area contributed by atoms with Crippen molar-refractivity contribution in [1.29, 1.82) is 0 Å². The summed E-state index contributed by atoms with van der Waals surface area (Å²) in [5.74, 6) is -0.967. The standard InChI is InChI=1S/C9H12BrNO/c1-9(2,3)12-7-4-5-11-8(10)6-7/h4-6H,1-3H3/i1D3,2D3,3D3,4D,5D,6D. The normalized spacial score (nSPS) is 29.1. The molecule has 0 bridgehead atoms. The van der Waals surface area contributed by atoms with Gasteiger partial charge in [-0.25, -0.2) is 4.98 Å².